The molecular formula is C39H37ClN8O3. The van der Waals surface area contributed by atoms with Gasteiger partial charge in [0.05, 0.1) is 22.7 Å². The van der Waals surface area contributed by atoms with Gasteiger partial charge in [-0.25, -0.2) is 9.97 Å². The van der Waals surface area contributed by atoms with Crippen LogP contribution in [0.4, 0.5) is 23.0 Å². The van der Waals surface area contributed by atoms with Crippen molar-refractivity contribution >= 4 is 62.4 Å². The number of benzene rings is 2. The van der Waals surface area contributed by atoms with Crippen molar-refractivity contribution in [1.29, 1.82) is 0 Å². The summed E-state index contributed by atoms with van der Waals surface area (Å²) >= 11 is 7.12. The van der Waals surface area contributed by atoms with Crippen LogP contribution in [-0.4, -0.2) is 78.2 Å². The van der Waals surface area contributed by atoms with E-state index in [9.17, 15) is 15.0 Å². The molecule has 11 nitrogen and oxygen atoms in total. The lowest BCUT2D eigenvalue weighted by atomic mass is 9.98. The van der Waals surface area contributed by atoms with E-state index >= 15 is 0 Å². The minimum atomic E-state index is -0.739. The maximum absolute atomic E-state index is 11.2. The minimum Gasteiger partial charge on any atom is -0.481 e. The van der Waals surface area contributed by atoms with E-state index in [-0.39, 0.29) is 12.0 Å². The summed E-state index contributed by atoms with van der Waals surface area (Å²) in [6.07, 6.45) is 7.80. The second kappa shape index (κ2) is 13.8. The van der Waals surface area contributed by atoms with E-state index in [0.29, 0.717) is 42.8 Å². The molecule has 4 N–H and O–H groups in total. The fourth-order valence-electron chi connectivity index (χ4n) is 7.05. The third-order valence-electron chi connectivity index (χ3n) is 9.81. The first-order valence-electron chi connectivity index (χ1n) is 17.0. The molecule has 0 radical (unpaired) electrons. The van der Waals surface area contributed by atoms with Gasteiger partial charge in [0.25, 0.3) is 0 Å². The molecule has 1 atom stereocenters. The molecule has 2 aliphatic rings. The summed E-state index contributed by atoms with van der Waals surface area (Å²) in [5, 5.41) is 28.5. The van der Waals surface area contributed by atoms with Crippen molar-refractivity contribution in [2.75, 3.05) is 36.8 Å². The molecule has 2 aliphatic heterocycles. The van der Waals surface area contributed by atoms with Gasteiger partial charge in [-0.2, -0.15) is 0 Å². The van der Waals surface area contributed by atoms with Gasteiger partial charge in [0.15, 0.2) is 11.6 Å². The molecular weight excluding hydrogens is 664 g/mol. The highest BCUT2D eigenvalue weighted by Crippen LogP contribution is 2.39. The Morgan fingerprint density at radius 1 is 0.804 bits per heavy atom. The monoisotopic (exact) mass is 700 g/mol. The van der Waals surface area contributed by atoms with E-state index in [1.807, 2.05) is 54.9 Å². The number of carbonyl (C=O) groups is 1. The lowest BCUT2D eigenvalue weighted by Crippen LogP contribution is -2.49. The molecule has 258 valence electrons. The maximum Gasteiger partial charge on any atom is 0.309 e. The number of fused-ring (bicyclic) bond motifs is 2. The Morgan fingerprint density at radius 3 is 2.00 bits per heavy atom. The van der Waals surface area contributed by atoms with Crippen LogP contribution in [0.2, 0.25) is 5.02 Å². The summed E-state index contributed by atoms with van der Waals surface area (Å²) < 4.78 is 0. The second-order valence-corrected chi connectivity index (χ2v) is 13.8. The Labute approximate surface area is 300 Å². The highest BCUT2D eigenvalue weighted by atomic mass is 35.5. The summed E-state index contributed by atoms with van der Waals surface area (Å²) in [6.45, 7) is 6.14. The number of carboxylic acid groups (broad SMARTS) is 1. The summed E-state index contributed by atoms with van der Waals surface area (Å²) in [4.78, 5) is 34.3. The number of rotatable bonds is 10. The van der Waals surface area contributed by atoms with Gasteiger partial charge in [0, 0.05) is 86.1 Å². The normalized spacial score (nSPS) is 16.8. The Hall–Kier alpha value is -5.20. The molecule has 4 aromatic heterocycles. The van der Waals surface area contributed by atoms with Crippen LogP contribution in [-0.2, 0) is 17.9 Å². The lowest BCUT2D eigenvalue weighted by Gasteiger charge is -2.36. The van der Waals surface area contributed by atoms with Crippen molar-refractivity contribution in [3.63, 3.8) is 0 Å². The quantitative estimate of drug-likeness (QED) is 0.120. The van der Waals surface area contributed by atoms with E-state index < -0.39 is 5.97 Å². The fraction of sp³-hybridized carbons (Fsp3) is 0.256. The second-order valence-electron chi connectivity index (χ2n) is 13.5. The zero-order chi connectivity index (χ0) is 35.1. The van der Waals surface area contributed by atoms with Gasteiger partial charge in [0.1, 0.15) is 11.0 Å². The number of halogens is 1. The van der Waals surface area contributed by atoms with E-state index in [1.165, 1.54) is 0 Å². The summed E-state index contributed by atoms with van der Waals surface area (Å²) in [7, 11) is 0. The van der Waals surface area contributed by atoms with Crippen molar-refractivity contribution in [1.82, 2.24) is 29.7 Å². The number of aliphatic carboxylic acids is 1. The molecule has 6 aromatic rings. The smallest absolute Gasteiger partial charge is 0.309 e. The zero-order valence-corrected chi connectivity index (χ0v) is 28.8. The highest BCUT2D eigenvalue weighted by molar-refractivity contribution is 6.36. The number of nitrogens with zero attached hydrogens (tertiary/aromatic N) is 6. The van der Waals surface area contributed by atoms with Crippen molar-refractivity contribution in [2.45, 2.75) is 32.5 Å². The number of pyridine rings is 4. The van der Waals surface area contributed by atoms with Crippen molar-refractivity contribution in [2.24, 2.45) is 5.92 Å². The number of hydrogen-bond donors (Lipinski definition) is 4. The number of aromatic nitrogens is 4. The number of anilines is 4. The first kappa shape index (κ1) is 33.0. The number of hydrogen-bond acceptors (Lipinski definition) is 10. The van der Waals surface area contributed by atoms with Gasteiger partial charge in [-0.15, -0.1) is 0 Å². The van der Waals surface area contributed by atoms with Crippen LogP contribution in [0.25, 0.3) is 32.9 Å². The van der Waals surface area contributed by atoms with E-state index in [1.54, 1.807) is 12.4 Å². The summed E-state index contributed by atoms with van der Waals surface area (Å²) in [5.41, 5.74) is 8.07. The molecule has 0 saturated carbocycles. The third-order valence-corrected chi connectivity index (χ3v) is 10.2. The molecule has 1 unspecified atom stereocenters. The number of aliphatic hydroxyl groups is 1. The zero-order valence-electron chi connectivity index (χ0n) is 28.1. The van der Waals surface area contributed by atoms with Gasteiger partial charge in [-0.05, 0) is 72.0 Å². The maximum atomic E-state index is 11.2. The Kier molecular flexibility index (Phi) is 8.95. The topological polar surface area (TPSA) is 140 Å². The summed E-state index contributed by atoms with van der Waals surface area (Å²) in [5.74, 6) is 0.235. The molecule has 2 saturated heterocycles. The Bertz CT molecular complexity index is 2280. The van der Waals surface area contributed by atoms with Crippen LogP contribution in [0.1, 0.15) is 23.1 Å². The van der Waals surface area contributed by atoms with Crippen molar-refractivity contribution in [3.05, 3.63) is 107 Å². The van der Waals surface area contributed by atoms with Crippen LogP contribution in [0.15, 0.2) is 85.5 Å². The molecule has 8 rings (SSSR count). The van der Waals surface area contributed by atoms with Gasteiger partial charge >= 0.3 is 5.97 Å². The van der Waals surface area contributed by atoms with Crippen LogP contribution in [0.3, 0.4) is 0 Å². The SMILES string of the molecule is Cc1c(Nc2nccc3cc(CN4CC(C(=O)O)C4)cnc23)cccc1-c1cccc(Nc2nccc3cc(CN4CCC(O)C4)cnc23)c1Cl. The molecule has 0 aliphatic carbocycles. The molecule has 2 fully saturated rings. The number of aliphatic hydroxyl groups excluding tert-OH is 1. The molecule has 6 heterocycles. The van der Waals surface area contributed by atoms with Crippen molar-refractivity contribution < 1.29 is 15.0 Å². The summed E-state index contributed by atoms with van der Waals surface area (Å²) in [6, 6.07) is 20.1. The predicted molar refractivity (Wildman–Crippen MR) is 200 cm³/mol. The molecule has 12 heteroatoms. The largest absolute Gasteiger partial charge is 0.481 e. The van der Waals surface area contributed by atoms with Gasteiger partial charge < -0.3 is 20.8 Å². The van der Waals surface area contributed by atoms with Crippen LogP contribution < -0.4 is 10.6 Å². The highest BCUT2D eigenvalue weighted by Gasteiger charge is 2.32. The number of likely N-dealkylation sites (tertiary alicyclic amines) is 2. The Balaban J connectivity index is 1.02. The van der Waals surface area contributed by atoms with E-state index in [4.69, 9.17) is 21.6 Å². The third kappa shape index (κ3) is 6.81. The number of β-amino-alcohol motifs (C(OH)–C–C–N with tert-alkyl or cyclic N) is 1. The first-order valence-corrected chi connectivity index (χ1v) is 17.4. The first-order chi connectivity index (χ1) is 24.8. The molecule has 0 spiro atoms. The average Bonchev–Trinajstić information content (AvgIpc) is 3.52. The van der Waals surface area contributed by atoms with Gasteiger partial charge in [-0.3, -0.25) is 24.6 Å². The molecule has 51 heavy (non-hydrogen) atoms. The molecule has 2 aromatic carbocycles. The molecule has 0 amide bonds. The average molecular weight is 701 g/mol. The van der Waals surface area contributed by atoms with Crippen LogP contribution in [0.5, 0.6) is 0 Å². The lowest BCUT2D eigenvalue weighted by molar-refractivity contribution is -0.147. The van der Waals surface area contributed by atoms with Crippen LogP contribution >= 0.6 is 11.6 Å². The minimum absolute atomic E-state index is 0.256. The number of carboxylic acids is 1. The van der Waals surface area contributed by atoms with Gasteiger partial charge in [-0.1, -0.05) is 35.9 Å². The number of nitrogens with one attached hydrogen (secondary N) is 2. The fourth-order valence-corrected chi connectivity index (χ4v) is 7.32. The van der Waals surface area contributed by atoms with Crippen molar-refractivity contribution in [3.8, 4) is 11.1 Å². The predicted octanol–water partition coefficient (Wildman–Crippen LogP) is 6.77. The van der Waals surface area contributed by atoms with Gasteiger partial charge in [0.2, 0.25) is 0 Å². The van der Waals surface area contributed by atoms with E-state index in [2.05, 4.69) is 55.5 Å². The standard InChI is InChI=1S/C39H37ClN8O3/c1-23-30(4-2-6-32(23)45-37-35-27(8-11-41-37)15-25(17-44-35)19-48-20-28(21-48)39(50)51)31-5-3-7-33(34(31)40)46-38-36-26(9-12-42-38)14-24(16-43-36)18-47-13-10-29(49)22-47/h2-9,11-12,14-17,28-29,49H,10,13,18-22H2,1H3,(H,41,45)(H,42,46)(H,50,51). The van der Waals surface area contributed by atoms with E-state index in [0.717, 1.165) is 80.5 Å². The van der Waals surface area contributed by atoms with Crippen LogP contribution in [0, 0.1) is 12.8 Å². The molecule has 0 bridgehead atoms. The Morgan fingerprint density at radius 2 is 1.39 bits per heavy atom.